The van der Waals surface area contributed by atoms with E-state index in [4.69, 9.17) is 23.7 Å². The van der Waals surface area contributed by atoms with Crippen molar-refractivity contribution in [2.24, 2.45) is 0 Å². The Labute approximate surface area is 242 Å². The van der Waals surface area contributed by atoms with Crippen LogP contribution >= 0.6 is 0 Å². The first kappa shape index (κ1) is 34.9. The van der Waals surface area contributed by atoms with Crippen LogP contribution in [0.2, 0.25) is 0 Å². The van der Waals surface area contributed by atoms with Crippen molar-refractivity contribution < 1.29 is 47.2 Å². The molecule has 1 aliphatic rings. The smallest absolute Gasteiger partial charge is 0.408 e. The molecule has 2 N–H and O–H groups in total. The number of hydrogen-bond donors (Lipinski definition) is 2. The summed E-state index contributed by atoms with van der Waals surface area (Å²) in [5, 5.41) is 11.7. The van der Waals surface area contributed by atoms with Crippen LogP contribution in [0.25, 0.3) is 0 Å². The average molecular weight is 588 g/mol. The van der Waals surface area contributed by atoms with Crippen molar-refractivity contribution in [2.75, 3.05) is 26.4 Å². The van der Waals surface area contributed by atoms with Gasteiger partial charge in [-0.2, -0.15) is 0 Å². The van der Waals surface area contributed by atoms with E-state index < -0.39 is 54.9 Å². The number of alkyl halides is 2. The molecule has 0 aliphatic carbocycles. The van der Waals surface area contributed by atoms with Crippen molar-refractivity contribution in [1.29, 1.82) is 0 Å². The fraction of sp³-hybridized carbons (Fsp3) is 0.733. The van der Waals surface area contributed by atoms with Gasteiger partial charge in [0.1, 0.15) is 31.0 Å². The largest absolute Gasteiger partial charge is 0.480 e. The molecule has 0 spiro atoms. The molecule has 0 aromatic heterocycles. The Morgan fingerprint density at radius 2 is 1.66 bits per heavy atom. The molecule has 1 aromatic carbocycles. The zero-order valence-electron chi connectivity index (χ0n) is 24.5. The molecule has 234 valence electrons. The number of ether oxygens (including phenoxy) is 5. The van der Waals surface area contributed by atoms with Crippen LogP contribution in [0.15, 0.2) is 30.3 Å². The molecule has 1 aliphatic heterocycles. The SMILES string of the molecule is CCCCOC[C@H]1O[C@H](C(F)(F)CC(NC(=O)OCc2ccccc2)C(=O)O)C[C@@H](OCCCC)[C@H]1OCCCC. The number of amides is 1. The van der Waals surface area contributed by atoms with Gasteiger partial charge in [-0.05, 0) is 24.8 Å². The molecule has 1 unspecified atom stereocenters. The molecule has 5 atom stereocenters. The van der Waals surface area contributed by atoms with Crippen LogP contribution in [0, 0.1) is 0 Å². The van der Waals surface area contributed by atoms with Gasteiger partial charge in [0.2, 0.25) is 0 Å². The number of carbonyl (C=O) groups is 2. The second kappa shape index (κ2) is 19.0. The van der Waals surface area contributed by atoms with Gasteiger partial charge >= 0.3 is 12.1 Å². The Kier molecular flexibility index (Phi) is 16.1. The molecule has 11 heteroatoms. The Balaban J connectivity index is 2.14. The Hall–Kier alpha value is -2.34. The first-order valence-corrected chi connectivity index (χ1v) is 14.8. The lowest BCUT2D eigenvalue weighted by Crippen LogP contribution is -2.58. The lowest BCUT2D eigenvalue weighted by Gasteiger charge is -2.44. The molecule has 1 amide bonds. The third kappa shape index (κ3) is 12.6. The molecule has 0 bridgehead atoms. The van der Waals surface area contributed by atoms with E-state index in [1.54, 1.807) is 30.3 Å². The van der Waals surface area contributed by atoms with Gasteiger partial charge in [0, 0.05) is 32.7 Å². The van der Waals surface area contributed by atoms with Gasteiger partial charge in [-0.3, -0.25) is 0 Å². The maximum Gasteiger partial charge on any atom is 0.408 e. The summed E-state index contributed by atoms with van der Waals surface area (Å²) in [6, 6.07) is 6.84. The van der Waals surface area contributed by atoms with Crippen molar-refractivity contribution in [1.82, 2.24) is 5.32 Å². The third-order valence-electron chi connectivity index (χ3n) is 6.83. The normalized spacial score (nSPS) is 21.8. The molecule has 1 fully saturated rings. The number of nitrogens with one attached hydrogen (secondary N) is 1. The fourth-order valence-corrected chi connectivity index (χ4v) is 4.41. The number of carboxylic acid groups (broad SMARTS) is 1. The second-order valence-corrected chi connectivity index (χ2v) is 10.3. The second-order valence-electron chi connectivity index (χ2n) is 10.3. The zero-order valence-corrected chi connectivity index (χ0v) is 24.5. The minimum Gasteiger partial charge on any atom is -0.480 e. The number of rotatable bonds is 20. The number of alkyl carbamates (subject to hydrolysis) is 1. The highest BCUT2D eigenvalue weighted by Crippen LogP contribution is 2.37. The summed E-state index contributed by atoms with van der Waals surface area (Å²) in [6.45, 7) is 7.24. The van der Waals surface area contributed by atoms with Crippen molar-refractivity contribution in [2.45, 2.75) is 115 Å². The summed E-state index contributed by atoms with van der Waals surface area (Å²) in [5.41, 5.74) is 0.674. The number of carboxylic acids is 1. The lowest BCUT2D eigenvalue weighted by molar-refractivity contribution is -0.260. The predicted octanol–water partition coefficient (Wildman–Crippen LogP) is 5.74. The highest BCUT2D eigenvalue weighted by Gasteiger charge is 2.52. The molecule has 2 rings (SSSR count). The molecule has 0 saturated carbocycles. The van der Waals surface area contributed by atoms with E-state index in [2.05, 4.69) is 5.32 Å². The van der Waals surface area contributed by atoms with Gasteiger partial charge in [-0.25, -0.2) is 18.4 Å². The van der Waals surface area contributed by atoms with Crippen LogP contribution in [0.5, 0.6) is 0 Å². The van der Waals surface area contributed by atoms with E-state index in [1.165, 1.54) is 0 Å². The summed E-state index contributed by atoms with van der Waals surface area (Å²) in [6.07, 6.45) is -1.18. The van der Waals surface area contributed by atoms with Gasteiger partial charge in [0.15, 0.2) is 0 Å². The number of aliphatic carboxylic acids is 1. The molecule has 1 heterocycles. The third-order valence-corrected chi connectivity index (χ3v) is 6.83. The van der Waals surface area contributed by atoms with E-state index in [0.29, 0.717) is 25.4 Å². The van der Waals surface area contributed by atoms with Crippen molar-refractivity contribution in [3.05, 3.63) is 35.9 Å². The minimum absolute atomic E-state index is 0.0451. The zero-order chi connectivity index (χ0) is 30.1. The van der Waals surface area contributed by atoms with Crippen LogP contribution < -0.4 is 5.32 Å². The summed E-state index contributed by atoms with van der Waals surface area (Å²) in [5.74, 6) is -5.22. The molecule has 0 radical (unpaired) electrons. The van der Waals surface area contributed by atoms with Gasteiger partial charge in [0.25, 0.3) is 5.92 Å². The van der Waals surface area contributed by atoms with Gasteiger partial charge < -0.3 is 34.1 Å². The topological polar surface area (TPSA) is 113 Å². The number of unbranched alkanes of at least 4 members (excludes halogenated alkanes) is 3. The molecule has 1 aromatic rings. The summed E-state index contributed by atoms with van der Waals surface area (Å²) in [7, 11) is 0. The molecular formula is C30H47F2NO8. The first-order chi connectivity index (χ1) is 19.7. The summed E-state index contributed by atoms with van der Waals surface area (Å²) >= 11 is 0. The van der Waals surface area contributed by atoms with Crippen molar-refractivity contribution >= 4 is 12.1 Å². The predicted molar refractivity (Wildman–Crippen MR) is 149 cm³/mol. The van der Waals surface area contributed by atoms with Gasteiger partial charge in [-0.1, -0.05) is 70.4 Å². The maximum atomic E-state index is 15.7. The Morgan fingerprint density at radius 1 is 1.02 bits per heavy atom. The highest BCUT2D eigenvalue weighted by molar-refractivity contribution is 5.80. The van der Waals surface area contributed by atoms with E-state index in [0.717, 1.165) is 38.5 Å². The molecule has 9 nitrogen and oxygen atoms in total. The average Bonchev–Trinajstić information content (AvgIpc) is 2.95. The quantitative estimate of drug-likeness (QED) is 0.186. The van der Waals surface area contributed by atoms with Crippen LogP contribution in [0.1, 0.15) is 77.7 Å². The van der Waals surface area contributed by atoms with Gasteiger partial charge in [-0.15, -0.1) is 0 Å². The van der Waals surface area contributed by atoms with Crippen LogP contribution in [0.3, 0.4) is 0 Å². The van der Waals surface area contributed by atoms with E-state index in [1.807, 2.05) is 20.8 Å². The fourth-order valence-electron chi connectivity index (χ4n) is 4.41. The van der Waals surface area contributed by atoms with Gasteiger partial charge in [0.05, 0.1) is 12.7 Å². The van der Waals surface area contributed by atoms with E-state index in [-0.39, 0.29) is 19.6 Å². The number of benzene rings is 1. The maximum absolute atomic E-state index is 15.7. The van der Waals surface area contributed by atoms with E-state index >= 15 is 8.78 Å². The Bertz CT molecular complexity index is 875. The highest BCUT2D eigenvalue weighted by atomic mass is 19.3. The van der Waals surface area contributed by atoms with E-state index in [9.17, 15) is 14.7 Å². The first-order valence-electron chi connectivity index (χ1n) is 14.8. The molecule has 41 heavy (non-hydrogen) atoms. The van der Waals surface area contributed by atoms with Crippen molar-refractivity contribution in [3.63, 3.8) is 0 Å². The Morgan fingerprint density at radius 3 is 2.29 bits per heavy atom. The molecule has 1 saturated heterocycles. The standard InChI is InChI=1S/C30H47F2NO8/c1-4-7-15-37-21-25-27(39-17-9-6-3)24(38-16-8-5-2)18-26(41-25)30(31,32)19-23(28(34)35)33-29(36)40-20-22-13-11-10-12-14-22/h10-14,23-27H,4-9,15-21H2,1-3H3,(H,33,36)(H,34,35)/t23?,24-,25-,26+,27-/m1/s1. The number of carbonyl (C=O) groups excluding carboxylic acids is 1. The van der Waals surface area contributed by atoms with Crippen LogP contribution in [-0.2, 0) is 35.1 Å². The number of halogens is 2. The van der Waals surface area contributed by atoms with Crippen molar-refractivity contribution in [3.8, 4) is 0 Å². The number of hydrogen-bond acceptors (Lipinski definition) is 7. The monoisotopic (exact) mass is 587 g/mol. The minimum atomic E-state index is -3.61. The molecular weight excluding hydrogens is 540 g/mol. The summed E-state index contributed by atoms with van der Waals surface area (Å²) < 4.78 is 60.2. The summed E-state index contributed by atoms with van der Waals surface area (Å²) in [4.78, 5) is 24.1. The van der Waals surface area contributed by atoms with Crippen LogP contribution in [-0.4, -0.2) is 80.0 Å². The van der Waals surface area contributed by atoms with Crippen LogP contribution in [0.4, 0.5) is 13.6 Å². The lowest BCUT2D eigenvalue weighted by atomic mass is 9.91.